The van der Waals surface area contributed by atoms with Gasteiger partial charge < -0.3 is 5.32 Å². The molecule has 1 amide bonds. The summed E-state index contributed by atoms with van der Waals surface area (Å²) in [6, 6.07) is 1.79. The van der Waals surface area contributed by atoms with Crippen molar-refractivity contribution in [2.75, 3.05) is 6.26 Å². The number of fused-ring (bicyclic) bond motifs is 1. The lowest BCUT2D eigenvalue weighted by Gasteiger charge is -2.06. The standard InChI is InChI=1S/C10H9N5OS/c1-17-10-13-6-5-11-9(16)7(6)8(14-10)15-4-2-3-12-15/h2-4H,5H2,1H3,(H,11,16). The summed E-state index contributed by atoms with van der Waals surface area (Å²) in [5.41, 5.74) is 1.26. The van der Waals surface area contributed by atoms with Crippen LogP contribution in [0.4, 0.5) is 0 Å². The van der Waals surface area contributed by atoms with Crippen molar-refractivity contribution < 1.29 is 4.79 Å². The number of nitrogens with zero attached hydrogens (tertiary/aromatic N) is 4. The van der Waals surface area contributed by atoms with Crippen LogP contribution in [-0.4, -0.2) is 31.9 Å². The van der Waals surface area contributed by atoms with E-state index in [-0.39, 0.29) is 5.91 Å². The smallest absolute Gasteiger partial charge is 0.257 e. The predicted octanol–water partition coefficient (Wildman–Crippen LogP) is 0.628. The molecule has 0 spiro atoms. The summed E-state index contributed by atoms with van der Waals surface area (Å²) < 4.78 is 1.59. The molecule has 3 rings (SSSR count). The Morgan fingerprint density at radius 3 is 3.06 bits per heavy atom. The predicted molar refractivity (Wildman–Crippen MR) is 62.1 cm³/mol. The Morgan fingerprint density at radius 1 is 1.47 bits per heavy atom. The highest BCUT2D eigenvalue weighted by molar-refractivity contribution is 7.98. The number of thioether (sulfide) groups is 1. The molecular weight excluding hydrogens is 238 g/mol. The summed E-state index contributed by atoms with van der Waals surface area (Å²) >= 11 is 1.45. The van der Waals surface area contributed by atoms with Gasteiger partial charge in [0.2, 0.25) is 0 Å². The van der Waals surface area contributed by atoms with Gasteiger partial charge in [0.25, 0.3) is 5.91 Å². The van der Waals surface area contributed by atoms with E-state index in [4.69, 9.17) is 0 Å². The van der Waals surface area contributed by atoms with Crippen molar-refractivity contribution >= 4 is 17.7 Å². The van der Waals surface area contributed by atoms with E-state index < -0.39 is 0 Å². The van der Waals surface area contributed by atoms with Crippen molar-refractivity contribution in [1.82, 2.24) is 25.1 Å². The first-order chi connectivity index (χ1) is 8.29. The van der Waals surface area contributed by atoms with E-state index in [2.05, 4.69) is 20.4 Å². The summed E-state index contributed by atoms with van der Waals surface area (Å²) in [7, 11) is 0. The third kappa shape index (κ3) is 1.59. The molecule has 0 saturated carbocycles. The SMILES string of the molecule is CSc1nc2c(c(-n3cccn3)n1)C(=O)NC2. The maximum atomic E-state index is 11.7. The second-order valence-electron chi connectivity index (χ2n) is 3.49. The van der Waals surface area contributed by atoms with Gasteiger partial charge in [-0.15, -0.1) is 0 Å². The average molecular weight is 247 g/mol. The lowest BCUT2D eigenvalue weighted by Crippen LogP contribution is -2.15. The van der Waals surface area contributed by atoms with Crippen LogP contribution in [0.25, 0.3) is 5.82 Å². The van der Waals surface area contributed by atoms with Crippen molar-refractivity contribution in [1.29, 1.82) is 0 Å². The molecular formula is C10H9N5OS. The molecule has 1 aliphatic heterocycles. The highest BCUT2D eigenvalue weighted by Gasteiger charge is 2.27. The first-order valence-corrected chi connectivity index (χ1v) is 6.25. The summed E-state index contributed by atoms with van der Waals surface area (Å²) in [4.78, 5) is 20.4. The monoisotopic (exact) mass is 247 g/mol. The van der Waals surface area contributed by atoms with Gasteiger partial charge in [-0.3, -0.25) is 4.79 Å². The molecule has 0 fully saturated rings. The van der Waals surface area contributed by atoms with Gasteiger partial charge in [-0.05, 0) is 12.3 Å². The Bertz CT molecular complexity index is 581. The van der Waals surface area contributed by atoms with Gasteiger partial charge in [-0.2, -0.15) is 5.10 Å². The van der Waals surface area contributed by atoms with Gasteiger partial charge in [0.15, 0.2) is 11.0 Å². The molecule has 0 bridgehead atoms. The van der Waals surface area contributed by atoms with Gasteiger partial charge in [0, 0.05) is 12.4 Å². The zero-order valence-corrected chi connectivity index (χ0v) is 9.86. The molecule has 7 heteroatoms. The van der Waals surface area contributed by atoms with Gasteiger partial charge in [-0.25, -0.2) is 14.6 Å². The van der Waals surface area contributed by atoms with Crippen molar-refractivity contribution in [2.24, 2.45) is 0 Å². The number of hydrogen-bond donors (Lipinski definition) is 1. The van der Waals surface area contributed by atoms with E-state index in [0.717, 1.165) is 5.69 Å². The quantitative estimate of drug-likeness (QED) is 0.622. The number of carbonyl (C=O) groups is 1. The average Bonchev–Trinajstić information content (AvgIpc) is 2.98. The second kappa shape index (κ2) is 3.85. The van der Waals surface area contributed by atoms with Crippen molar-refractivity contribution in [3.63, 3.8) is 0 Å². The Labute approximate surface area is 101 Å². The first-order valence-electron chi connectivity index (χ1n) is 5.02. The number of amides is 1. The van der Waals surface area contributed by atoms with E-state index in [9.17, 15) is 4.79 Å². The molecule has 2 aromatic rings. The number of aromatic nitrogens is 4. The molecule has 0 unspecified atom stereocenters. The van der Waals surface area contributed by atoms with E-state index in [0.29, 0.717) is 23.1 Å². The van der Waals surface area contributed by atoms with E-state index in [1.807, 2.05) is 6.26 Å². The first kappa shape index (κ1) is 10.3. The molecule has 0 atom stereocenters. The van der Waals surface area contributed by atoms with Gasteiger partial charge in [-0.1, -0.05) is 11.8 Å². The normalized spacial score (nSPS) is 13.6. The Balaban J connectivity index is 2.26. The third-order valence-corrected chi connectivity index (χ3v) is 3.04. The molecule has 0 saturated heterocycles. The number of nitrogens with one attached hydrogen (secondary N) is 1. The topological polar surface area (TPSA) is 72.7 Å². The highest BCUT2D eigenvalue weighted by atomic mass is 32.2. The van der Waals surface area contributed by atoms with Gasteiger partial charge in [0.1, 0.15) is 5.56 Å². The van der Waals surface area contributed by atoms with Crippen molar-refractivity contribution in [2.45, 2.75) is 11.7 Å². The second-order valence-corrected chi connectivity index (χ2v) is 4.26. The van der Waals surface area contributed by atoms with Crippen LogP contribution in [0.15, 0.2) is 23.6 Å². The maximum absolute atomic E-state index is 11.7. The summed E-state index contributed by atoms with van der Waals surface area (Å²) in [6.45, 7) is 0.457. The van der Waals surface area contributed by atoms with Crippen LogP contribution in [0.5, 0.6) is 0 Å². The lowest BCUT2D eigenvalue weighted by atomic mass is 10.2. The fraction of sp³-hybridized carbons (Fsp3) is 0.200. The molecule has 0 radical (unpaired) electrons. The number of rotatable bonds is 2. The largest absolute Gasteiger partial charge is 0.346 e. The minimum atomic E-state index is -0.141. The minimum Gasteiger partial charge on any atom is -0.346 e. The molecule has 0 aromatic carbocycles. The lowest BCUT2D eigenvalue weighted by molar-refractivity contribution is 0.0965. The maximum Gasteiger partial charge on any atom is 0.257 e. The molecule has 1 aliphatic rings. The molecule has 6 nitrogen and oxygen atoms in total. The van der Waals surface area contributed by atoms with Crippen molar-refractivity contribution in [3.05, 3.63) is 29.7 Å². The molecule has 1 N–H and O–H groups in total. The number of hydrogen-bond acceptors (Lipinski definition) is 5. The Morgan fingerprint density at radius 2 is 2.35 bits per heavy atom. The molecule has 3 heterocycles. The number of carbonyl (C=O) groups excluding carboxylic acids is 1. The summed E-state index contributed by atoms with van der Waals surface area (Å²) in [5.74, 6) is 0.400. The van der Waals surface area contributed by atoms with Crippen LogP contribution in [0.3, 0.4) is 0 Å². The Kier molecular flexibility index (Phi) is 2.32. The Hall–Kier alpha value is -1.89. The van der Waals surface area contributed by atoms with Crippen LogP contribution in [0.2, 0.25) is 0 Å². The van der Waals surface area contributed by atoms with Crippen molar-refractivity contribution in [3.8, 4) is 5.82 Å². The zero-order valence-electron chi connectivity index (χ0n) is 9.04. The van der Waals surface area contributed by atoms with Crippen LogP contribution in [-0.2, 0) is 6.54 Å². The molecule has 17 heavy (non-hydrogen) atoms. The van der Waals surface area contributed by atoms with Crippen LogP contribution in [0.1, 0.15) is 16.1 Å². The minimum absolute atomic E-state index is 0.141. The molecule has 2 aromatic heterocycles. The van der Waals surface area contributed by atoms with E-state index in [1.165, 1.54) is 11.8 Å². The van der Waals surface area contributed by atoms with Gasteiger partial charge >= 0.3 is 0 Å². The summed E-state index contributed by atoms with van der Waals surface area (Å²) in [6.07, 6.45) is 5.32. The van der Waals surface area contributed by atoms with Crippen LogP contribution in [0, 0.1) is 0 Å². The zero-order chi connectivity index (χ0) is 11.8. The fourth-order valence-electron chi connectivity index (χ4n) is 1.74. The van der Waals surface area contributed by atoms with E-state index in [1.54, 1.807) is 23.1 Å². The van der Waals surface area contributed by atoms with E-state index >= 15 is 0 Å². The summed E-state index contributed by atoms with van der Waals surface area (Å²) in [5, 5.41) is 7.50. The fourth-order valence-corrected chi connectivity index (χ4v) is 2.12. The van der Waals surface area contributed by atoms with Crippen LogP contribution >= 0.6 is 11.8 Å². The van der Waals surface area contributed by atoms with Gasteiger partial charge in [0.05, 0.1) is 12.2 Å². The molecule has 86 valence electrons. The molecule has 0 aliphatic carbocycles. The van der Waals surface area contributed by atoms with Crippen LogP contribution < -0.4 is 5.32 Å². The highest BCUT2D eigenvalue weighted by Crippen LogP contribution is 2.22. The third-order valence-electron chi connectivity index (χ3n) is 2.49.